The highest BCUT2D eigenvalue weighted by atomic mass is 19.1. The number of hydrogen-bond donors (Lipinski definition) is 0. The zero-order valence-electron chi connectivity index (χ0n) is 20.3. The summed E-state index contributed by atoms with van der Waals surface area (Å²) < 4.78 is 36.1. The Morgan fingerprint density at radius 1 is 0.706 bits per heavy atom. The fraction of sp³-hybridized carbons (Fsp3) is 0.400. The molecule has 4 rings (SSSR count). The van der Waals surface area contributed by atoms with Crippen molar-refractivity contribution in [2.45, 2.75) is 65.2 Å². The second kappa shape index (κ2) is 11.5. The van der Waals surface area contributed by atoms with Crippen LogP contribution in [-0.4, -0.2) is 11.2 Å². The molecule has 0 radical (unpaired) electrons. The molecular weight excluding hydrogens is 428 g/mol. The quantitative estimate of drug-likeness (QED) is 0.191. The lowest BCUT2D eigenvalue weighted by molar-refractivity contribution is 0.225. The molecule has 180 valence electrons. The average Bonchev–Trinajstić information content (AvgIpc) is 3.16. The van der Waals surface area contributed by atoms with Crippen LogP contribution < -0.4 is 4.74 Å². The SMILES string of the molecule is CCCCCCC(CCCC)COc1ccc(-n2c3ccc(F)cc3c3cc(F)ccc32)cc1. The molecule has 1 heterocycles. The minimum atomic E-state index is -0.327. The highest BCUT2D eigenvalue weighted by molar-refractivity contribution is 6.09. The summed E-state index contributed by atoms with van der Waals surface area (Å²) in [5, 5.41) is 1.41. The third kappa shape index (κ3) is 5.60. The molecule has 1 atom stereocenters. The minimum Gasteiger partial charge on any atom is -0.493 e. The lowest BCUT2D eigenvalue weighted by Gasteiger charge is -2.18. The second-order valence-corrected chi connectivity index (χ2v) is 9.32. The van der Waals surface area contributed by atoms with E-state index in [0.717, 1.165) is 29.1 Å². The molecule has 0 fully saturated rings. The smallest absolute Gasteiger partial charge is 0.123 e. The largest absolute Gasteiger partial charge is 0.493 e. The number of halogens is 2. The molecule has 4 aromatic rings. The van der Waals surface area contributed by atoms with Gasteiger partial charge < -0.3 is 9.30 Å². The van der Waals surface area contributed by atoms with Gasteiger partial charge >= 0.3 is 0 Å². The Kier molecular flexibility index (Phi) is 8.21. The van der Waals surface area contributed by atoms with E-state index in [-0.39, 0.29) is 11.6 Å². The number of hydrogen-bond acceptors (Lipinski definition) is 1. The van der Waals surface area contributed by atoms with Crippen molar-refractivity contribution in [3.63, 3.8) is 0 Å². The Bertz CT molecular complexity index is 1150. The van der Waals surface area contributed by atoms with E-state index in [1.165, 1.54) is 75.6 Å². The number of ether oxygens (including phenoxy) is 1. The van der Waals surface area contributed by atoms with Crippen LogP contribution in [0.3, 0.4) is 0 Å². The summed E-state index contributed by atoms with van der Waals surface area (Å²) in [6.45, 7) is 5.24. The van der Waals surface area contributed by atoms with Crippen LogP contribution in [0, 0.1) is 17.6 Å². The average molecular weight is 464 g/mol. The summed E-state index contributed by atoms with van der Waals surface area (Å²) >= 11 is 0. The predicted octanol–water partition coefficient (Wildman–Crippen LogP) is 9.22. The van der Waals surface area contributed by atoms with Gasteiger partial charge in [0.05, 0.1) is 17.6 Å². The van der Waals surface area contributed by atoms with Crippen molar-refractivity contribution < 1.29 is 13.5 Å². The standard InChI is InChI=1S/C30H35F2NO/c1-3-5-7-8-10-22(9-6-4-2)21-34-26-15-13-25(14-16-26)33-29-17-11-23(31)19-27(29)28-20-24(32)12-18-30(28)33/h11-20,22H,3-10,21H2,1-2H3. The predicted molar refractivity (Wildman–Crippen MR) is 138 cm³/mol. The van der Waals surface area contributed by atoms with Gasteiger partial charge in [-0.2, -0.15) is 0 Å². The van der Waals surface area contributed by atoms with E-state index in [9.17, 15) is 8.78 Å². The van der Waals surface area contributed by atoms with Crippen molar-refractivity contribution in [3.8, 4) is 11.4 Å². The molecule has 0 bridgehead atoms. The number of benzene rings is 3. The summed E-state index contributed by atoms with van der Waals surface area (Å²) in [6.07, 6.45) is 10.1. The van der Waals surface area contributed by atoms with Crippen LogP contribution in [0.25, 0.3) is 27.5 Å². The number of nitrogens with zero attached hydrogens (tertiary/aromatic N) is 1. The zero-order chi connectivity index (χ0) is 23.9. The maximum absolute atomic E-state index is 14.0. The van der Waals surface area contributed by atoms with Crippen LogP contribution in [0.5, 0.6) is 5.75 Å². The summed E-state index contributed by atoms with van der Waals surface area (Å²) in [6, 6.07) is 17.4. The number of unbranched alkanes of at least 4 members (excludes halogenated alkanes) is 4. The highest BCUT2D eigenvalue weighted by Gasteiger charge is 2.14. The summed E-state index contributed by atoms with van der Waals surface area (Å²) in [5.74, 6) is 0.800. The van der Waals surface area contributed by atoms with Crippen LogP contribution >= 0.6 is 0 Å². The van der Waals surface area contributed by atoms with Crippen molar-refractivity contribution in [3.05, 3.63) is 72.3 Å². The second-order valence-electron chi connectivity index (χ2n) is 9.32. The Balaban J connectivity index is 1.53. The molecule has 0 aliphatic heterocycles. The molecule has 2 nitrogen and oxygen atoms in total. The van der Waals surface area contributed by atoms with Gasteiger partial charge in [0.25, 0.3) is 0 Å². The highest BCUT2D eigenvalue weighted by Crippen LogP contribution is 2.33. The van der Waals surface area contributed by atoms with Gasteiger partial charge in [-0.05, 0) is 79.4 Å². The Morgan fingerprint density at radius 2 is 1.29 bits per heavy atom. The first-order chi connectivity index (χ1) is 16.6. The fourth-order valence-electron chi connectivity index (χ4n) is 4.82. The van der Waals surface area contributed by atoms with Crippen molar-refractivity contribution in [1.82, 2.24) is 4.57 Å². The molecule has 0 saturated carbocycles. The molecule has 0 saturated heterocycles. The molecule has 1 aromatic heterocycles. The summed E-state index contributed by atoms with van der Waals surface area (Å²) in [4.78, 5) is 0. The molecule has 4 heteroatoms. The summed E-state index contributed by atoms with van der Waals surface area (Å²) in [7, 11) is 0. The Hall–Kier alpha value is -2.88. The Labute approximate surface area is 201 Å². The van der Waals surface area contributed by atoms with E-state index in [2.05, 4.69) is 13.8 Å². The summed E-state index contributed by atoms with van der Waals surface area (Å²) in [5.41, 5.74) is 2.64. The molecule has 34 heavy (non-hydrogen) atoms. The number of fused-ring (bicyclic) bond motifs is 3. The first-order valence-corrected chi connectivity index (χ1v) is 12.7. The van der Waals surface area contributed by atoms with Gasteiger partial charge in [-0.1, -0.05) is 52.4 Å². The van der Waals surface area contributed by atoms with Crippen LogP contribution in [0.1, 0.15) is 65.2 Å². The van der Waals surface area contributed by atoms with Gasteiger partial charge in [0.1, 0.15) is 17.4 Å². The molecule has 0 amide bonds. The molecule has 0 aliphatic rings. The molecule has 0 aliphatic carbocycles. The van der Waals surface area contributed by atoms with Crippen molar-refractivity contribution in [2.75, 3.05) is 6.61 Å². The monoisotopic (exact) mass is 463 g/mol. The third-order valence-electron chi connectivity index (χ3n) is 6.70. The number of rotatable bonds is 12. The van der Waals surface area contributed by atoms with Crippen LogP contribution in [0.2, 0.25) is 0 Å². The Morgan fingerprint density at radius 3 is 1.88 bits per heavy atom. The van der Waals surface area contributed by atoms with Crippen LogP contribution in [0.4, 0.5) is 8.78 Å². The fourth-order valence-corrected chi connectivity index (χ4v) is 4.82. The molecular formula is C30H35F2NO. The van der Waals surface area contributed by atoms with E-state index in [4.69, 9.17) is 4.74 Å². The topological polar surface area (TPSA) is 14.2 Å². The van der Waals surface area contributed by atoms with Crippen molar-refractivity contribution in [2.24, 2.45) is 5.92 Å². The third-order valence-corrected chi connectivity index (χ3v) is 6.70. The molecule has 1 unspecified atom stereocenters. The molecule has 3 aromatic carbocycles. The van der Waals surface area contributed by atoms with Gasteiger partial charge in [-0.3, -0.25) is 0 Å². The maximum Gasteiger partial charge on any atom is 0.123 e. The minimum absolute atomic E-state index is 0.327. The lowest BCUT2D eigenvalue weighted by Crippen LogP contribution is -2.12. The van der Waals surface area contributed by atoms with Gasteiger partial charge in [-0.25, -0.2) is 8.78 Å². The molecule has 0 N–H and O–H groups in total. The lowest BCUT2D eigenvalue weighted by atomic mass is 9.96. The first kappa shape index (κ1) is 24.3. The normalized spacial score (nSPS) is 12.5. The first-order valence-electron chi connectivity index (χ1n) is 12.7. The van der Waals surface area contributed by atoms with Gasteiger partial charge in [-0.15, -0.1) is 0 Å². The number of aromatic nitrogens is 1. The van der Waals surface area contributed by atoms with Crippen LogP contribution in [-0.2, 0) is 0 Å². The van der Waals surface area contributed by atoms with Crippen molar-refractivity contribution >= 4 is 21.8 Å². The van der Waals surface area contributed by atoms with E-state index >= 15 is 0 Å². The van der Waals surface area contributed by atoms with E-state index < -0.39 is 0 Å². The van der Waals surface area contributed by atoms with E-state index in [1.54, 1.807) is 12.1 Å². The van der Waals surface area contributed by atoms with Crippen molar-refractivity contribution in [1.29, 1.82) is 0 Å². The van der Waals surface area contributed by atoms with Crippen LogP contribution in [0.15, 0.2) is 60.7 Å². The molecule has 0 spiro atoms. The van der Waals surface area contributed by atoms with E-state index in [0.29, 0.717) is 16.7 Å². The maximum atomic E-state index is 14.0. The van der Waals surface area contributed by atoms with Gasteiger partial charge in [0.15, 0.2) is 0 Å². The zero-order valence-corrected chi connectivity index (χ0v) is 20.3. The van der Waals surface area contributed by atoms with Gasteiger partial charge in [0.2, 0.25) is 0 Å². The van der Waals surface area contributed by atoms with E-state index in [1.807, 2.05) is 28.8 Å². The van der Waals surface area contributed by atoms with Gasteiger partial charge in [0, 0.05) is 16.5 Å².